The first-order valence-electron chi connectivity index (χ1n) is 11.0. The molecule has 0 aromatic carbocycles. The molecule has 0 spiro atoms. The van der Waals surface area contributed by atoms with Gasteiger partial charge in [-0.15, -0.1) is 4.91 Å². The normalized spacial score (nSPS) is 18.2. The number of amides is 1. The van der Waals surface area contributed by atoms with Crippen LogP contribution in [0.5, 0.6) is 0 Å². The number of rotatable bonds is 9. The van der Waals surface area contributed by atoms with Crippen molar-refractivity contribution in [2.45, 2.75) is 85.3 Å². The van der Waals surface area contributed by atoms with Crippen LogP contribution in [0.15, 0.2) is 17.6 Å². The summed E-state index contributed by atoms with van der Waals surface area (Å²) >= 11 is 0. The minimum Gasteiger partial charge on any atom is -0.461 e. The number of hydrogen-bond acceptors (Lipinski definition) is 9. The fourth-order valence-electron chi connectivity index (χ4n) is 2.53. The highest BCUT2D eigenvalue weighted by Gasteiger charge is 2.33. The van der Waals surface area contributed by atoms with E-state index in [4.69, 9.17) is 25.4 Å². The molecule has 0 aromatic rings. The van der Waals surface area contributed by atoms with Crippen molar-refractivity contribution in [3.63, 3.8) is 0 Å². The number of carbonyl (C=O) groups excluding carboxylic acids is 2. The molecule has 0 radical (unpaired) electrons. The highest BCUT2D eigenvalue weighted by molar-refractivity contribution is 5.88. The van der Waals surface area contributed by atoms with Crippen LogP contribution in [-0.2, 0) is 19.0 Å². The molecule has 0 aliphatic carbocycles. The first-order chi connectivity index (χ1) is 15.4. The molecule has 1 rings (SSSR count). The average Bonchev–Trinajstić information content (AvgIpc) is 3.21. The standard InChI is InChI=1S/C18H31N5O6.C2H6.CH5N/c1-11(2)15(21-17(25)29-18(3,4)5)16(24)27-10-12-6-7-14(28-12)23(22-26)9-8-13(19)20;2*1-2/h8-9,11-12,14-15H,6-7,10H2,1-5H3,(H3,19,20)(H,21,25);1-2H3;2H2,1H3/b9-8+;;. The van der Waals surface area contributed by atoms with Gasteiger partial charge in [0.2, 0.25) is 0 Å². The van der Waals surface area contributed by atoms with Crippen LogP contribution >= 0.6 is 0 Å². The number of nitrogens with zero attached hydrogens (tertiary/aromatic N) is 2. The Bertz CT molecular complexity index is 635. The molecule has 0 saturated carbocycles. The summed E-state index contributed by atoms with van der Waals surface area (Å²) in [7, 11) is 1.50. The number of nitrogens with one attached hydrogen (secondary N) is 2. The first kappa shape index (κ1) is 32.4. The van der Waals surface area contributed by atoms with Crippen LogP contribution in [0.2, 0.25) is 0 Å². The summed E-state index contributed by atoms with van der Waals surface area (Å²) in [6.07, 6.45) is 1.75. The SMILES string of the molecule is CC.CC(C)C(NC(=O)OC(C)(C)C)C(=O)OCC1CCC(N(/C=C/C(=N)N)N=O)O1.CN. The number of amidine groups is 1. The number of esters is 1. The third-order valence-electron chi connectivity index (χ3n) is 3.89. The highest BCUT2D eigenvalue weighted by atomic mass is 16.6. The molecule has 1 saturated heterocycles. The zero-order valence-corrected chi connectivity index (χ0v) is 21.1. The monoisotopic (exact) mass is 474 g/mol. The van der Waals surface area contributed by atoms with Crippen molar-refractivity contribution in [1.29, 1.82) is 5.41 Å². The van der Waals surface area contributed by atoms with Crippen LogP contribution in [0.1, 0.15) is 61.3 Å². The summed E-state index contributed by atoms with van der Waals surface area (Å²) in [4.78, 5) is 35.3. The molecule has 6 N–H and O–H groups in total. The lowest BCUT2D eigenvalue weighted by atomic mass is 10.1. The fraction of sp³-hybridized carbons (Fsp3) is 0.762. The van der Waals surface area contributed by atoms with Gasteiger partial charge in [-0.3, -0.25) is 5.41 Å². The van der Waals surface area contributed by atoms with E-state index in [1.165, 1.54) is 19.3 Å². The van der Waals surface area contributed by atoms with E-state index in [-0.39, 0.29) is 18.4 Å². The zero-order chi connectivity index (χ0) is 26.2. The van der Waals surface area contributed by atoms with Gasteiger partial charge >= 0.3 is 12.1 Å². The van der Waals surface area contributed by atoms with Gasteiger partial charge in [-0.05, 0) is 52.7 Å². The Kier molecular flexibility index (Phi) is 16.6. The Labute approximate surface area is 196 Å². The summed E-state index contributed by atoms with van der Waals surface area (Å²) in [5.41, 5.74) is 9.03. The lowest BCUT2D eigenvalue weighted by molar-refractivity contribution is -0.152. The van der Waals surface area contributed by atoms with E-state index in [0.717, 1.165) is 5.01 Å². The predicted molar refractivity (Wildman–Crippen MR) is 127 cm³/mol. The Hall–Kier alpha value is -2.73. The number of carbonyl (C=O) groups is 2. The number of nitrogens with two attached hydrogens (primary N) is 2. The van der Waals surface area contributed by atoms with Gasteiger partial charge in [-0.2, -0.15) is 0 Å². The maximum atomic E-state index is 12.4. The third-order valence-corrected chi connectivity index (χ3v) is 3.89. The second-order valence-electron chi connectivity index (χ2n) is 8.02. The summed E-state index contributed by atoms with van der Waals surface area (Å²) in [6, 6.07) is -0.867. The quantitative estimate of drug-likeness (QED) is 0.128. The summed E-state index contributed by atoms with van der Waals surface area (Å²) in [5, 5.41) is 13.5. The van der Waals surface area contributed by atoms with Crippen molar-refractivity contribution in [3.05, 3.63) is 17.2 Å². The number of nitroso groups, excluding NO2 is 1. The molecule has 1 fully saturated rings. The topological polar surface area (TPSA) is 182 Å². The number of ether oxygens (including phenoxy) is 3. The molecule has 1 amide bonds. The maximum absolute atomic E-state index is 12.4. The molecule has 3 unspecified atom stereocenters. The average molecular weight is 475 g/mol. The van der Waals surface area contributed by atoms with E-state index in [9.17, 15) is 14.5 Å². The largest absolute Gasteiger partial charge is 0.461 e. The van der Waals surface area contributed by atoms with Gasteiger partial charge in [-0.1, -0.05) is 27.7 Å². The lowest BCUT2D eigenvalue weighted by Gasteiger charge is -2.25. The smallest absolute Gasteiger partial charge is 0.408 e. The van der Waals surface area contributed by atoms with Crippen molar-refractivity contribution >= 4 is 17.9 Å². The second kappa shape index (κ2) is 16.8. The van der Waals surface area contributed by atoms with E-state index in [1.807, 2.05) is 13.8 Å². The van der Waals surface area contributed by atoms with Crippen LogP contribution in [0, 0.1) is 16.2 Å². The lowest BCUT2D eigenvalue weighted by Crippen LogP contribution is -2.47. The van der Waals surface area contributed by atoms with Gasteiger partial charge in [0, 0.05) is 6.20 Å². The molecule has 3 atom stereocenters. The van der Waals surface area contributed by atoms with Gasteiger partial charge < -0.3 is 31.0 Å². The van der Waals surface area contributed by atoms with Crippen LogP contribution in [-0.4, -0.2) is 60.5 Å². The van der Waals surface area contributed by atoms with Crippen molar-refractivity contribution in [3.8, 4) is 0 Å². The van der Waals surface area contributed by atoms with Crippen molar-refractivity contribution in [2.24, 2.45) is 22.7 Å². The van der Waals surface area contributed by atoms with E-state index in [1.54, 1.807) is 34.6 Å². The van der Waals surface area contributed by atoms with E-state index < -0.39 is 36.0 Å². The molecule has 192 valence electrons. The molecule has 33 heavy (non-hydrogen) atoms. The summed E-state index contributed by atoms with van der Waals surface area (Å²) < 4.78 is 16.2. The predicted octanol–water partition coefficient (Wildman–Crippen LogP) is 2.62. The Morgan fingerprint density at radius 1 is 1.27 bits per heavy atom. The van der Waals surface area contributed by atoms with Crippen LogP contribution in [0.25, 0.3) is 0 Å². The van der Waals surface area contributed by atoms with Crippen LogP contribution < -0.4 is 16.8 Å². The van der Waals surface area contributed by atoms with E-state index in [2.05, 4.69) is 16.3 Å². The van der Waals surface area contributed by atoms with E-state index in [0.29, 0.717) is 12.8 Å². The minimum absolute atomic E-state index is 0.0301. The van der Waals surface area contributed by atoms with Gasteiger partial charge in [-0.25, -0.2) is 14.6 Å². The number of hydrogen-bond donors (Lipinski definition) is 4. The van der Waals surface area contributed by atoms with Gasteiger partial charge in [0.05, 0.1) is 11.4 Å². The summed E-state index contributed by atoms with van der Waals surface area (Å²) in [5.74, 6) is -1.03. The summed E-state index contributed by atoms with van der Waals surface area (Å²) in [6.45, 7) is 12.7. The fourth-order valence-corrected chi connectivity index (χ4v) is 2.53. The van der Waals surface area contributed by atoms with Crippen molar-refractivity contribution < 1.29 is 23.8 Å². The van der Waals surface area contributed by atoms with E-state index >= 15 is 0 Å². The molecule has 0 bridgehead atoms. The molecular weight excluding hydrogens is 432 g/mol. The molecule has 1 aliphatic rings. The third kappa shape index (κ3) is 14.1. The molecule has 1 heterocycles. The van der Waals surface area contributed by atoms with Crippen molar-refractivity contribution in [1.82, 2.24) is 10.3 Å². The molecule has 1 aliphatic heterocycles. The highest BCUT2D eigenvalue weighted by Crippen LogP contribution is 2.24. The Balaban J connectivity index is 0. The molecule has 12 nitrogen and oxygen atoms in total. The maximum Gasteiger partial charge on any atom is 0.408 e. The Morgan fingerprint density at radius 2 is 1.85 bits per heavy atom. The molecule has 0 aromatic heterocycles. The van der Waals surface area contributed by atoms with Crippen molar-refractivity contribution in [2.75, 3.05) is 13.7 Å². The minimum atomic E-state index is -0.867. The van der Waals surface area contributed by atoms with Gasteiger partial charge in [0.15, 0.2) is 6.23 Å². The zero-order valence-electron chi connectivity index (χ0n) is 21.1. The Morgan fingerprint density at radius 3 is 2.30 bits per heavy atom. The molecule has 12 heteroatoms. The first-order valence-corrected chi connectivity index (χ1v) is 11.0. The second-order valence-corrected chi connectivity index (χ2v) is 8.02. The number of alkyl carbamates (subject to hydrolysis) is 1. The van der Waals surface area contributed by atoms with Gasteiger partial charge in [0.25, 0.3) is 0 Å². The van der Waals surface area contributed by atoms with Gasteiger partial charge in [0.1, 0.15) is 24.1 Å². The van der Waals surface area contributed by atoms with Crippen LogP contribution in [0.3, 0.4) is 0 Å². The molecular formula is C21H42N6O6. The van der Waals surface area contributed by atoms with Crippen LogP contribution in [0.4, 0.5) is 4.79 Å².